The lowest BCUT2D eigenvalue weighted by molar-refractivity contribution is -0.133. The van der Waals surface area contributed by atoms with Crippen molar-refractivity contribution in [1.82, 2.24) is 10.2 Å². The van der Waals surface area contributed by atoms with Crippen LogP contribution in [0.3, 0.4) is 0 Å². The van der Waals surface area contributed by atoms with E-state index in [4.69, 9.17) is 0 Å². The van der Waals surface area contributed by atoms with Crippen LogP contribution in [-0.2, 0) is 11.3 Å². The third-order valence-electron chi connectivity index (χ3n) is 3.76. The Morgan fingerprint density at radius 2 is 1.80 bits per heavy atom. The van der Waals surface area contributed by atoms with Crippen molar-refractivity contribution in [3.63, 3.8) is 0 Å². The van der Waals surface area contributed by atoms with Gasteiger partial charge in [0.15, 0.2) is 0 Å². The molecule has 0 spiro atoms. The fourth-order valence-corrected chi connectivity index (χ4v) is 3.15. The normalized spacial score (nSPS) is 12.1. The first-order valence-electron chi connectivity index (χ1n) is 7.83. The van der Waals surface area contributed by atoms with Gasteiger partial charge in [0.2, 0.25) is 5.91 Å². The number of rotatable bonds is 6. The molecule has 1 unspecified atom stereocenters. The summed E-state index contributed by atoms with van der Waals surface area (Å²) in [6.07, 6.45) is 0. The van der Waals surface area contributed by atoms with Crippen LogP contribution in [0.4, 0.5) is 8.78 Å². The second-order valence-corrected chi connectivity index (χ2v) is 7.10. The quantitative estimate of drug-likeness (QED) is 0.851. The predicted molar refractivity (Wildman–Crippen MR) is 93.2 cm³/mol. The van der Waals surface area contributed by atoms with Gasteiger partial charge in [-0.3, -0.25) is 9.59 Å². The van der Waals surface area contributed by atoms with Crippen LogP contribution in [0, 0.1) is 17.6 Å². The van der Waals surface area contributed by atoms with E-state index in [2.05, 4.69) is 5.32 Å². The molecule has 1 aromatic carbocycles. The SMILES string of the molecule is CC(C)C(NC(=O)c1c(F)cccc1F)C(=O)N(C)Cc1cccs1. The summed E-state index contributed by atoms with van der Waals surface area (Å²) in [5.41, 5.74) is -0.679. The van der Waals surface area contributed by atoms with Crippen molar-refractivity contribution in [2.24, 2.45) is 5.92 Å². The summed E-state index contributed by atoms with van der Waals surface area (Å²) in [6, 6.07) is 6.12. The van der Waals surface area contributed by atoms with Crippen LogP contribution in [0.5, 0.6) is 0 Å². The van der Waals surface area contributed by atoms with E-state index in [1.165, 1.54) is 22.3 Å². The van der Waals surface area contributed by atoms with E-state index in [9.17, 15) is 18.4 Å². The molecule has 0 aliphatic heterocycles. The van der Waals surface area contributed by atoms with Crippen LogP contribution in [0.1, 0.15) is 29.1 Å². The molecule has 0 saturated heterocycles. The highest BCUT2D eigenvalue weighted by Crippen LogP contribution is 2.16. The van der Waals surface area contributed by atoms with Gasteiger partial charge < -0.3 is 10.2 Å². The highest BCUT2D eigenvalue weighted by molar-refractivity contribution is 7.09. The molecule has 7 heteroatoms. The number of hydrogen-bond acceptors (Lipinski definition) is 3. The molecular weight excluding hydrogens is 346 g/mol. The number of amides is 2. The van der Waals surface area contributed by atoms with Gasteiger partial charge in [-0.2, -0.15) is 0 Å². The van der Waals surface area contributed by atoms with E-state index in [-0.39, 0.29) is 11.8 Å². The summed E-state index contributed by atoms with van der Waals surface area (Å²) in [7, 11) is 1.63. The molecule has 4 nitrogen and oxygen atoms in total. The van der Waals surface area contributed by atoms with Gasteiger partial charge in [0.1, 0.15) is 23.2 Å². The number of hydrogen-bond donors (Lipinski definition) is 1. The molecule has 2 amide bonds. The molecule has 0 fully saturated rings. The zero-order chi connectivity index (χ0) is 18.6. The lowest BCUT2D eigenvalue weighted by atomic mass is 10.0. The highest BCUT2D eigenvalue weighted by Gasteiger charge is 2.29. The van der Waals surface area contributed by atoms with Crippen LogP contribution < -0.4 is 5.32 Å². The molecule has 1 atom stereocenters. The molecular formula is C18H20F2N2O2S. The molecule has 1 heterocycles. The Morgan fingerprint density at radius 1 is 1.16 bits per heavy atom. The number of benzene rings is 1. The summed E-state index contributed by atoms with van der Waals surface area (Å²) in [5.74, 6) is -3.41. The summed E-state index contributed by atoms with van der Waals surface area (Å²) in [4.78, 5) is 27.5. The Hall–Kier alpha value is -2.28. The van der Waals surface area contributed by atoms with Gasteiger partial charge in [-0.15, -0.1) is 11.3 Å². The van der Waals surface area contributed by atoms with Gasteiger partial charge in [0.25, 0.3) is 5.91 Å². The molecule has 1 N–H and O–H groups in total. The number of halogens is 2. The monoisotopic (exact) mass is 366 g/mol. The molecule has 0 radical (unpaired) electrons. The van der Waals surface area contributed by atoms with E-state index in [1.807, 2.05) is 17.5 Å². The van der Waals surface area contributed by atoms with Crippen LogP contribution >= 0.6 is 11.3 Å². The standard InChI is InChI=1S/C18H20F2N2O2S/c1-11(2)16(18(24)22(3)10-12-6-5-9-25-12)21-17(23)15-13(19)7-4-8-14(15)20/h4-9,11,16H,10H2,1-3H3,(H,21,23). The van der Waals surface area contributed by atoms with Crippen LogP contribution in [0.2, 0.25) is 0 Å². The summed E-state index contributed by atoms with van der Waals surface area (Å²) in [5, 5.41) is 4.38. The first kappa shape index (κ1) is 19.1. The van der Waals surface area contributed by atoms with E-state index in [0.717, 1.165) is 17.0 Å². The second-order valence-electron chi connectivity index (χ2n) is 6.07. The minimum atomic E-state index is -0.959. The smallest absolute Gasteiger partial charge is 0.257 e. The van der Waals surface area contributed by atoms with Crippen molar-refractivity contribution in [3.05, 3.63) is 57.8 Å². The van der Waals surface area contributed by atoms with Crippen molar-refractivity contribution in [1.29, 1.82) is 0 Å². The minimum absolute atomic E-state index is 0.239. The van der Waals surface area contributed by atoms with Gasteiger partial charge in [0.05, 0.1) is 6.54 Å². The maximum atomic E-state index is 13.8. The molecule has 1 aromatic heterocycles. The Balaban J connectivity index is 2.14. The van der Waals surface area contributed by atoms with Crippen molar-refractivity contribution >= 4 is 23.2 Å². The molecule has 0 aliphatic rings. The predicted octanol–water partition coefficient (Wildman–Crippen LogP) is 3.44. The lowest BCUT2D eigenvalue weighted by Gasteiger charge is -2.27. The van der Waals surface area contributed by atoms with Crippen molar-refractivity contribution in [3.8, 4) is 0 Å². The van der Waals surface area contributed by atoms with Gasteiger partial charge >= 0.3 is 0 Å². The van der Waals surface area contributed by atoms with Crippen molar-refractivity contribution < 1.29 is 18.4 Å². The van der Waals surface area contributed by atoms with Crippen LogP contribution in [0.15, 0.2) is 35.7 Å². The summed E-state index contributed by atoms with van der Waals surface area (Å²) in [6.45, 7) is 3.93. The number of nitrogens with zero attached hydrogens (tertiary/aromatic N) is 1. The highest BCUT2D eigenvalue weighted by atomic mass is 32.1. The molecule has 0 saturated carbocycles. The van der Waals surface area contributed by atoms with Gasteiger partial charge in [-0.25, -0.2) is 8.78 Å². The minimum Gasteiger partial charge on any atom is -0.340 e. The maximum absolute atomic E-state index is 13.8. The first-order valence-corrected chi connectivity index (χ1v) is 8.71. The zero-order valence-corrected chi connectivity index (χ0v) is 15.1. The Labute approximate surface area is 149 Å². The number of nitrogens with one attached hydrogen (secondary N) is 1. The third kappa shape index (κ3) is 4.63. The molecule has 134 valence electrons. The Morgan fingerprint density at radius 3 is 2.32 bits per heavy atom. The Kier molecular flexibility index (Phi) is 6.25. The van der Waals surface area contributed by atoms with Gasteiger partial charge in [0, 0.05) is 11.9 Å². The van der Waals surface area contributed by atoms with Gasteiger partial charge in [-0.1, -0.05) is 26.0 Å². The summed E-state index contributed by atoms with van der Waals surface area (Å²) < 4.78 is 27.5. The van der Waals surface area contributed by atoms with Crippen molar-refractivity contribution in [2.45, 2.75) is 26.4 Å². The fraction of sp³-hybridized carbons (Fsp3) is 0.333. The van der Waals surface area contributed by atoms with E-state index < -0.39 is 29.1 Å². The maximum Gasteiger partial charge on any atom is 0.257 e. The molecule has 0 bridgehead atoms. The summed E-state index contributed by atoms with van der Waals surface area (Å²) >= 11 is 1.52. The zero-order valence-electron chi connectivity index (χ0n) is 14.3. The molecule has 2 aromatic rings. The Bertz CT molecular complexity index is 727. The topological polar surface area (TPSA) is 49.4 Å². The van der Waals surface area contributed by atoms with E-state index in [0.29, 0.717) is 6.54 Å². The molecule has 25 heavy (non-hydrogen) atoms. The molecule has 2 rings (SSSR count). The first-order chi connectivity index (χ1) is 11.8. The number of thiophene rings is 1. The third-order valence-corrected chi connectivity index (χ3v) is 4.62. The van der Waals surface area contributed by atoms with Crippen LogP contribution in [-0.4, -0.2) is 29.8 Å². The average molecular weight is 366 g/mol. The van der Waals surface area contributed by atoms with E-state index >= 15 is 0 Å². The number of carbonyl (C=O) groups excluding carboxylic acids is 2. The van der Waals surface area contributed by atoms with E-state index in [1.54, 1.807) is 20.9 Å². The van der Waals surface area contributed by atoms with Crippen molar-refractivity contribution in [2.75, 3.05) is 7.05 Å². The van der Waals surface area contributed by atoms with Crippen LogP contribution in [0.25, 0.3) is 0 Å². The van der Waals surface area contributed by atoms with Gasteiger partial charge in [-0.05, 0) is 29.5 Å². The largest absolute Gasteiger partial charge is 0.340 e. The second kappa shape index (κ2) is 8.20. The number of carbonyl (C=O) groups is 2. The number of likely N-dealkylation sites (N-methyl/N-ethyl adjacent to an activating group) is 1. The molecule has 0 aliphatic carbocycles. The average Bonchev–Trinajstić information content (AvgIpc) is 3.04. The fourth-order valence-electron chi connectivity index (χ4n) is 2.39. The lowest BCUT2D eigenvalue weighted by Crippen LogP contribution is -2.50.